The molecule has 1 fully saturated rings. The van der Waals surface area contributed by atoms with Crippen LogP contribution in [0.15, 0.2) is 17.2 Å². The number of amides is 1. The van der Waals surface area contributed by atoms with Crippen LogP contribution in [0.5, 0.6) is 0 Å². The first-order valence-electron chi connectivity index (χ1n) is 9.49. The number of piperidine rings is 1. The second kappa shape index (κ2) is 8.32. The fourth-order valence-corrected chi connectivity index (χ4v) is 3.38. The van der Waals surface area contributed by atoms with Gasteiger partial charge in [-0.2, -0.15) is 5.10 Å². The largest absolute Gasteiger partial charge is 0.352 e. The highest BCUT2D eigenvalue weighted by molar-refractivity contribution is 5.93. The molecule has 9 nitrogen and oxygen atoms in total. The van der Waals surface area contributed by atoms with Crippen LogP contribution in [0.25, 0.3) is 0 Å². The van der Waals surface area contributed by atoms with E-state index < -0.39 is 0 Å². The molecular formula is C18H27N7O2. The number of hydrogen-bond donors (Lipinski definition) is 2. The van der Waals surface area contributed by atoms with Gasteiger partial charge in [-0.25, -0.2) is 19.9 Å². The van der Waals surface area contributed by atoms with Gasteiger partial charge in [0.1, 0.15) is 5.82 Å². The number of aromatic nitrogens is 5. The van der Waals surface area contributed by atoms with E-state index in [1.807, 2.05) is 25.7 Å². The predicted molar refractivity (Wildman–Crippen MR) is 102 cm³/mol. The van der Waals surface area contributed by atoms with Crippen LogP contribution >= 0.6 is 0 Å². The van der Waals surface area contributed by atoms with E-state index in [1.165, 1.54) is 0 Å². The summed E-state index contributed by atoms with van der Waals surface area (Å²) in [5, 5.41) is 9.76. The highest BCUT2D eigenvalue weighted by Gasteiger charge is 2.25. The number of likely N-dealkylation sites (tertiary alicyclic amines) is 1. The lowest BCUT2D eigenvalue weighted by Gasteiger charge is -2.31. The average Bonchev–Trinajstić information content (AvgIpc) is 3.01. The van der Waals surface area contributed by atoms with Crippen molar-refractivity contribution in [1.29, 1.82) is 0 Å². The van der Waals surface area contributed by atoms with Gasteiger partial charge in [0.15, 0.2) is 0 Å². The van der Waals surface area contributed by atoms with Crippen molar-refractivity contribution < 1.29 is 4.79 Å². The van der Waals surface area contributed by atoms with Gasteiger partial charge in [0.25, 0.3) is 5.91 Å². The fourth-order valence-electron chi connectivity index (χ4n) is 3.38. The maximum Gasteiger partial charge on any atom is 0.343 e. The molecule has 0 spiro atoms. The number of carbonyl (C=O) groups excluding carboxylic acids is 1. The molecule has 3 heterocycles. The molecule has 1 saturated heterocycles. The molecule has 0 aromatic carbocycles. The maximum absolute atomic E-state index is 12.7. The maximum atomic E-state index is 12.7. The number of aromatic amines is 1. The second-order valence-electron chi connectivity index (χ2n) is 7.22. The Hall–Kier alpha value is -2.71. The third kappa shape index (κ3) is 4.53. The number of H-pyrrole nitrogens is 1. The minimum atomic E-state index is -0.157. The lowest BCUT2D eigenvalue weighted by atomic mass is 9.93. The highest BCUT2D eigenvalue weighted by atomic mass is 16.2. The van der Waals surface area contributed by atoms with E-state index in [0.717, 1.165) is 25.1 Å². The Morgan fingerprint density at radius 2 is 1.96 bits per heavy atom. The van der Waals surface area contributed by atoms with Crippen molar-refractivity contribution in [2.24, 2.45) is 5.92 Å². The van der Waals surface area contributed by atoms with Gasteiger partial charge in [-0.15, -0.1) is 0 Å². The van der Waals surface area contributed by atoms with Crippen LogP contribution < -0.4 is 11.0 Å². The van der Waals surface area contributed by atoms with Gasteiger partial charge in [0.2, 0.25) is 5.95 Å². The monoisotopic (exact) mass is 373 g/mol. The number of nitrogens with one attached hydrogen (secondary N) is 2. The van der Waals surface area contributed by atoms with Crippen molar-refractivity contribution in [1.82, 2.24) is 29.6 Å². The Balaban J connectivity index is 1.55. The van der Waals surface area contributed by atoms with Crippen LogP contribution in [0, 0.1) is 5.92 Å². The highest BCUT2D eigenvalue weighted by Crippen LogP contribution is 2.22. The molecule has 9 heteroatoms. The van der Waals surface area contributed by atoms with E-state index in [4.69, 9.17) is 0 Å². The van der Waals surface area contributed by atoms with Gasteiger partial charge < -0.3 is 10.2 Å². The first-order chi connectivity index (χ1) is 13.0. The molecule has 3 rings (SSSR count). The molecule has 0 radical (unpaired) electrons. The van der Waals surface area contributed by atoms with Crippen LogP contribution in [-0.2, 0) is 13.0 Å². The van der Waals surface area contributed by atoms with E-state index in [1.54, 1.807) is 17.0 Å². The van der Waals surface area contributed by atoms with Crippen molar-refractivity contribution >= 4 is 11.9 Å². The van der Waals surface area contributed by atoms with Gasteiger partial charge >= 0.3 is 5.69 Å². The average molecular weight is 373 g/mol. The first-order valence-corrected chi connectivity index (χ1v) is 9.49. The molecule has 2 aromatic rings. The Labute approximate surface area is 158 Å². The topological polar surface area (TPSA) is 109 Å². The molecule has 1 aliphatic heterocycles. The Bertz CT molecular complexity index is 817. The standard InChI is InChI=1S/C18H27N7O2/c1-4-25-15(22-23-18(25)27)9-13-5-7-24(8-6-13)16(26)14-10-19-17(20-11-14)21-12(2)3/h10-13H,4-9H2,1-3H3,(H,23,27)(H,19,20,21). The van der Waals surface area contributed by atoms with Crippen LogP contribution in [0.4, 0.5) is 5.95 Å². The summed E-state index contributed by atoms with van der Waals surface area (Å²) in [5.41, 5.74) is 0.352. The van der Waals surface area contributed by atoms with E-state index in [-0.39, 0.29) is 17.6 Å². The van der Waals surface area contributed by atoms with Crippen LogP contribution in [0.2, 0.25) is 0 Å². The van der Waals surface area contributed by atoms with E-state index >= 15 is 0 Å². The minimum absolute atomic E-state index is 0.0326. The number of rotatable bonds is 6. The second-order valence-corrected chi connectivity index (χ2v) is 7.22. The number of nitrogens with zero attached hydrogens (tertiary/aromatic N) is 5. The van der Waals surface area contributed by atoms with E-state index in [2.05, 4.69) is 25.5 Å². The molecule has 0 unspecified atom stereocenters. The molecular weight excluding hydrogens is 346 g/mol. The van der Waals surface area contributed by atoms with Crippen molar-refractivity contribution in [3.8, 4) is 0 Å². The van der Waals surface area contributed by atoms with Gasteiger partial charge in [0, 0.05) is 44.5 Å². The third-order valence-electron chi connectivity index (χ3n) is 4.84. The summed E-state index contributed by atoms with van der Waals surface area (Å²) >= 11 is 0. The van der Waals surface area contributed by atoms with Crippen molar-refractivity contribution in [2.75, 3.05) is 18.4 Å². The number of carbonyl (C=O) groups is 1. The molecule has 2 aromatic heterocycles. The van der Waals surface area contributed by atoms with E-state index in [9.17, 15) is 9.59 Å². The summed E-state index contributed by atoms with van der Waals surface area (Å²) in [4.78, 5) is 34.6. The molecule has 1 aliphatic rings. The molecule has 0 aliphatic carbocycles. The molecule has 27 heavy (non-hydrogen) atoms. The van der Waals surface area contributed by atoms with Gasteiger partial charge in [-0.1, -0.05) is 0 Å². The van der Waals surface area contributed by atoms with Gasteiger partial charge in [-0.3, -0.25) is 9.36 Å². The van der Waals surface area contributed by atoms with Crippen LogP contribution in [-0.4, -0.2) is 54.7 Å². The van der Waals surface area contributed by atoms with E-state index in [0.29, 0.717) is 37.1 Å². The van der Waals surface area contributed by atoms with Crippen LogP contribution in [0.3, 0.4) is 0 Å². The minimum Gasteiger partial charge on any atom is -0.352 e. The number of hydrogen-bond acceptors (Lipinski definition) is 6. The smallest absolute Gasteiger partial charge is 0.343 e. The molecule has 0 atom stereocenters. The zero-order valence-corrected chi connectivity index (χ0v) is 16.1. The molecule has 2 N–H and O–H groups in total. The summed E-state index contributed by atoms with van der Waals surface area (Å²) in [7, 11) is 0. The summed E-state index contributed by atoms with van der Waals surface area (Å²) in [6, 6.07) is 0.240. The Morgan fingerprint density at radius 3 is 2.56 bits per heavy atom. The fraction of sp³-hybridized carbons (Fsp3) is 0.611. The quantitative estimate of drug-likeness (QED) is 0.790. The summed E-state index contributed by atoms with van der Waals surface area (Å²) in [6.45, 7) is 7.95. The lowest BCUT2D eigenvalue weighted by molar-refractivity contribution is 0.0688. The molecule has 146 valence electrons. The van der Waals surface area contributed by atoms with Crippen molar-refractivity contribution in [2.45, 2.75) is 52.6 Å². The predicted octanol–water partition coefficient (Wildman–Crippen LogP) is 1.30. The van der Waals surface area contributed by atoms with Crippen molar-refractivity contribution in [3.63, 3.8) is 0 Å². The van der Waals surface area contributed by atoms with Crippen LogP contribution in [0.1, 0.15) is 49.8 Å². The number of anilines is 1. The van der Waals surface area contributed by atoms with Crippen molar-refractivity contribution in [3.05, 3.63) is 34.3 Å². The van der Waals surface area contributed by atoms with Gasteiger partial charge in [-0.05, 0) is 39.5 Å². The van der Waals surface area contributed by atoms with Gasteiger partial charge in [0.05, 0.1) is 5.56 Å². The molecule has 0 saturated carbocycles. The lowest BCUT2D eigenvalue weighted by Crippen LogP contribution is -2.39. The Morgan fingerprint density at radius 1 is 1.30 bits per heavy atom. The normalized spacial score (nSPS) is 15.3. The summed E-state index contributed by atoms with van der Waals surface area (Å²) < 4.78 is 1.67. The zero-order chi connectivity index (χ0) is 19.4. The SMILES string of the molecule is CCn1c(CC2CCN(C(=O)c3cnc(NC(C)C)nc3)CC2)n[nH]c1=O. The summed E-state index contributed by atoms with van der Waals surface area (Å²) in [6.07, 6.45) is 5.70. The molecule has 0 bridgehead atoms. The Kier molecular flexibility index (Phi) is 5.88. The zero-order valence-electron chi connectivity index (χ0n) is 16.1. The first kappa shape index (κ1) is 19.1. The summed E-state index contributed by atoms with van der Waals surface area (Å²) in [5.74, 6) is 1.72. The molecule has 1 amide bonds. The third-order valence-corrected chi connectivity index (χ3v) is 4.84.